The van der Waals surface area contributed by atoms with Crippen molar-refractivity contribution in [2.45, 2.75) is 69.2 Å². The van der Waals surface area contributed by atoms with Crippen molar-refractivity contribution < 1.29 is 14.3 Å². The van der Waals surface area contributed by atoms with Crippen LogP contribution in [0.4, 0.5) is 0 Å². The zero-order valence-corrected chi connectivity index (χ0v) is 13.5. The van der Waals surface area contributed by atoms with E-state index in [0.29, 0.717) is 16.3 Å². The Labute approximate surface area is 118 Å². The van der Waals surface area contributed by atoms with Gasteiger partial charge < -0.3 is 9.47 Å². The van der Waals surface area contributed by atoms with E-state index in [4.69, 9.17) is 9.47 Å². The van der Waals surface area contributed by atoms with Crippen molar-refractivity contribution in [3.8, 4) is 0 Å². The van der Waals surface area contributed by atoms with Crippen LogP contribution in [0.15, 0.2) is 0 Å². The van der Waals surface area contributed by atoms with Crippen LogP contribution in [-0.4, -0.2) is 27.7 Å². The fraction of sp³-hybridized carbons (Fsp3) is 0.923. The van der Waals surface area contributed by atoms with Crippen molar-refractivity contribution in [2.24, 2.45) is 5.92 Å². The van der Waals surface area contributed by atoms with E-state index < -0.39 is 0 Å². The molecule has 0 aliphatic carbocycles. The van der Waals surface area contributed by atoms with Crippen LogP contribution in [0.1, 0.15) is 47.5 Å². The zero-order valence-electron chi connectivity index (χ0n) is 11.3. The molecule has 0 amide bonds. The maximum atomic E-state index is 11.7. The monoisotopic (exact) mass is 354 g/mol. The summed E-state index contributed by atoms with van der Waals surface area (Å²) in [4.78, 5) is 11.7. The van der Waals surface area contributed by atoms with Gasteiger partial charge in [0, 0.05) is 10.3 Å². The van der Waals surface area contributed by atoms with Crippen LogP contribution in [0, 0.1) is 5.92 Å². The largest absolute Gasteiger partial charge is 0.459 e. The Hall–Kier alpha value is 0.160. The van der Waals surface area contributed by atoms with Crippen molar-refractivity contribution in [2.75, 3.05) is 0 Å². The molecular weight excluding hydrogens is 331 g/mol. The van der Waals surface area contributed by atoms with Crippen molar-refractivity contribution in [1.82, 2.24) is 0 Å². The normalized spacial score (nSPS) is 27.4. The molecule has 1 saturated heterocycles. The summed E-state index contributed by atoms with van der Waals surface area (Å²) in [5, 5.41) is 0. The maximum Gasteiger partial charge on any atom is 0.335 e. The first-order chi connectivity index (χ1) is 7.69. The molecule has 1 aliphatic rings. The molecule has 0 spiro atoms. The fourth-order valence-corrected chi connectivity index (χ4v) is 3.38. The third-order valence-corrected chi connectivity index (χ3v) is 3.88. The predicted molar refractivity (Wildman–Crippen MR) is 76.4 cm³/mol. The second-order valence-electron chi connectivity index (χ2n) is 6.08. The molecule has 3 atom stereocenters. The van der Waals surface area contributed by atoms with Gasteiger partial charge in [0.15, 0.2) is 6.10 Å². The van der Waals surface area contributed by atoms with Crippen molar-refractivity contribution >= 4 is 28.6 Å². The second kappa shape index (κ2) is 5.87. The minimum absolute atomic E-state index is 0.0119. The van der Waals surface area contributed by atoms with E-state index in [2.05, 4.69) is 36.4 Å². The SMILES string of the molecule is CC(C)C[C@H](I)[C@H]1C[C@H](OC(C)(C)C)C(=O)O1. The molecule has 1 fully saturated rings. The smallest absolute Gasteiger partial charge is 0.335 e. The Balaban J connectivity index is 2.51. The summed E-state index contributed by atoms with van der Waals surface area (Å²) in [6.45, 7) is 10.3. The number of rotatable bonds is 4. The predicted octanol–water partition coefficient (Wildman–Crippen LogP) is 3.34. The van der Waals surface area contributed by atoms with E-state index >= 15 is 0 Å². The molecule has 100 valence electrons. The van der Waals surface area contributed by atoms with Crippen molar-refractivity contribution in [1.29, 1.82) is 0 Å². The molecule has 0 aromatic carbocycles. The Kier molecular flexibility index (Phi) is 5.25. The third kappa shape index (κ3) is 5.12. The van der Waals surface area contributed by atoms with E-state index in [-0.39, 0.29) is 23.8 Å². The molecule has 0 bridgehead atoms. The van der Waals surface area contributed by atoms with E-state index in [1.54, 1.807) is 0 Å². The van der Waals surface area contributed by atoms with Crippen LogP contribution < -0.4 is 0 Å². The molecule has 1 rings (SSSR count). The van der Waals surface area contributed by atoms with Gasteiger partial charge in [-0.1, -0.05) is 36.4 Å². The molecule has 0 aromatic rings. The van der Waals surface area contributed by atoms with Crippen LogP contribution >= 0.6 is 22.6 Å². The average Bonchev–Trinajstić information content (AvgIpc) is 2.44. The van der Waals surface area contributed by atoms with Gasteiger partial charge in [-0.3, -0.25) is 0 Å². The summed E-state index contributed by atoms with van der Waals surface area (Å²) in [7, 11) is 0. The summed E-state index contributed by atoms with van der Waals surface area (Å²) in [5.74, 6) is 0.425. The summed E-state index contributed by atoms with van der Waals surface area (Å²) in [6, 6.07) is 0. The summed E-state index contributed by atoms with van der Waals surface area (Å²) in [6.07, 6.45) is 1.39. The number of halogens is 1. The summed E-state index contributed by atoms with van der Waals surface area (Å²) < 4.78 is 11.5. The topological polar surface area (TPSA) is 35.5 Å². The first kappa shape index (κ1) is 15.2. The van der Waals surface area contributed by atoms with Gasteiger partial charge in [-0.15, -0.1) is 0 Å². The zero-order chi connectivity index (χ0) is 13.2. The number of hydrogen-bond acceptors (Lipinski definition) is 3. The standard InChI is InChI=1S/C13H23IO3/c1-8(2)6-9(14)10-7-11(12(15)16-10)17-13(3,4)5/h8-11H,6-7H2,1-5H3/t9-,10+,11-/m0/s1. The molecule has 1 heterocycles. The highest BCUT2D eigenvalue weighted by Gasteiger charge is 2.40. The minimum atomic E-state index is -0.385. The second-order valence-corrected chi connectivity index (χ2v) is 7.68. The molecule has 0 unspecified atom stereocenters. The number of cyclic esters (lactones) is 1. The summed E-state index contributed by atoms with van der Waals surface area (Å²) in [5.41, 5.74) is -0.294. The molecule has 0 saturated carbocycles. The highest BCUT2D eigenvalue weighted by Crippen LogP contribution is 2.30. The Bertz CT molecular complexity index is 270. The Morgan fingerprint density at radius 1 is 1.47 bits per heavy atom. The summed E-state index contributed by atoms with van der Waals surface area (Å²) >= 11 is 2.38. The third-order valence-electron chi connectivity index (χ3n) is 2.57. The highest BCUT2D eigenvalue weighted by atomic mass is 127. The lowest BCUT2D eigenvalue weighted by Crippen LogP contribution is -2.30. The minimum Gasteiger partial charge on any atom is -0.459 e. The molecule has 4 heteroatoms. The van der Waals surface area contributed by atoms with Crippen LogP contribution in [0.5, 0.6) is 0 Å². The maximum absolute atomic E-state index is 11.7. The van der Waals surface area contributed by atoms with E-state index in [9.17, 15) is 4.79 Å². The quantitative estimate of drug-likeness (QED) is 0.441. The van der Waals surface area contributed by atoms with Gasteiger partial charge in [0.05, 0.1) is 5.60 Å². The fourth-order valence-electron chi connectivity index (χ4n) is 1.93. The van der Waals surface area contributed by atoms with Crippen molar-refractivity contribution in [3.63, 3.8) is 0 Å². The number of alkyl halides is 1. The number of hydrogen-bond donors (Lipinski definition) is 0. The van der Waals surface area contributed by atoms with E-state index in [0.717, 1.165) is 6.42 Å². The Morgan fingerprint density at radius 3 is 2.53 bits per heavy atom. The van der Waals surface area contributed by atoms with Gasteiger partial charge in [0.1, 0.15) is 6.10 Å². The van der Waals surface area contributed by atoms with Crippen LogP contribution in [-0.2, 0) is 14.3 Å². The van der Waals surface area contributed by atoms with Gasteiger partial charge in [0.2, 0.25) is 0 Å². The van der Waals surface area contributed by atoms with E-state index in [1.807, 2.05) is 20.8 Å². The highest BCUT2D eigenvalue weighted by molar-refractivity contribution is 14.1. The average molecular weight is 354 g/mol. The van der Waals surface area contributed by atoms with Crippen LogP contribution in [0.3, 0.4) is 0 Å². The molecule has 0 radical (unpaired) electrons. The van der Waals surface area contributed by atoms with Gasteiger partial charge >= 0.3 is 5.97 Å². The lowest BCUT2D eigenvalue weighted by molar-refractivity contribution is -0.155. The number of esters is 1. The van der Waals surface area contributed by atoms with Gasteiger partial charge in [-0.25, -0.2) is 4.79 Å². The number of ether oxygens (including phenoxy) is 2. The molecule has 1 aliphatic heterocycles. The first-order valence-electron chi connectivity index (χ1n) is 6.21. The van der Waals surface area contributed by atoms with Gasteiger partial charge in [0.25, 0.3) is 0 Å². The van der Waals surface area contributed by atoms with Gasteiger partial charge in [-0.2, -0.15) is 0 Å². The van der Waals surface area contributed by atoms with Crippen LogP contribution in [0.25, 0.3) is 0 Å². The van der Waals surface area contributed by atoms with E-state index in [1.165, 1.54) is 0 Å². The first-order valence-corrected chi connectivity index (χ1v) is 7.46. The lowest BCUT2D eigenvalue weighted by Gasteiger charge is -2.22. The van der Waals surface area contributed by atoms with Gasteiger partial charge in [-0.05, 0) is 33.1 Å². The Morgan fingerprint density at radius 2 is 2.06 bits per heavy atom. The number of carbonyl (C=O) groups excluding carboxylic acids is 1. The molecule has 3 nitrogen and oxygen atoms in total. The van der Waals surface area contributed by atoms with Crippen LogP contribution in [0.2, 0.25) is 0 Å². The van der Waals surface area contributed by atoms with Crippen molar-refractivity contribution in [3.05, 3.63) is 0 Å². The lowest BCUT2D eigenvalue weighted by atomic mass is 10.0. The molecule has 0 aromatic heterocycles. The molecular formula is C13H23IO3. The molecule has 0 N–H and O–H groups in total. The molecule has 17 heavy (non-hydrogen) atoms. The number of carbonyl (C=O) groups is 1.